The van der Waals surface area contributed by atoms with Crippen LogP contribution in [0.1, 0.15) is 10.4 Å². The molecule has 0 saturated carbocycles. The van der Waals surface area contributed by atoms with Crippen LogP contribution in [0.4, 0.5) is 18.9 Å². The maximum absolute atomic E-state index is 13.4. The lowest BCUT2D eigenvalue weighted by atomic mass is 10.1. The van der Waals surface area contributed by atoms with E-state index in [1.165, 1.54) is 12.1 Å². The Kier molecular flexibility index (Phi) is 4.66. The van der Waals surface area contributed by atoms with Crippen molar-refractivity contribution in [2.24, 2.45) is 0 Å². The van der Waals surface area contributed by atoms with Crippen LogP contribution in [0.5, 0.6) is 0 Å². The van der Waals surface area contributed by atoms with Gasteiger partial charge in [-0.2, -0.15) is 0 Å². The molecule has 0 atom stereocenters. The molecule has 0 spiro atoms. The van der Waals surface area contributed by atoms with Gasteiger partial charge in [-0.05, 0) is 36.4 Å². The van der Waals surface area contributed by atoms with Gasteiger partial charge in [0.1, 0.15) is 5.82 Å². The second-order valence-electron chi connectivity index (χ2n) is 5.50. The average Bonchev–Trinajstić information content (AvgIpc) is 2.58. The highest BCUT2D eigenvalue weighted by atomic mass is 35.5. The van der Waals surface area contributed by atoms with Crippen LogP contribution in [-0.2, 0) is 0 Å². The number of piperazine rings is 1. The average molecular weight is 355 g/mol. The molecule has 24 heavy (non-hydrogen) atoms. The third kappa shape index (κ3) is 3.33. The molecule has 2 aromatic rings. The van der Waals surface area contributed by atoms with Gasteiger partial charge >= 0.3 is 0 Å². The van der Waals surface area contributed by atoms with E-state index in [9.17, 15) is 18.0 Å². The molecule has 1 aliphatic heterocycles. The van der Waals surface area contributed by atoms with Crippen LogP contribution >= 0.6 is 11.6 Å². The molecule has 3 nitrogen and oxygen atoms in total. The number of benzene rings is 2. The normalized spacial score (nSPS) is 14.8. The number of hydrogen-bond donors (Lipinski definition) is 0. The number of nitrogens with zero attached hydrogens (tertiary/aromatic N) is 2. The molecule has 1 heterocycles. The lowest BCUT2D eigenvalue weighted by molar-refractivity contribution is 0.0746. The fourth-order valence-corrected chi connectivity index (χ4v) is 2.91. The van der Waals surface area contributed by atoms with Crippen LogP contribution in [-0.4, -0.2) is 37.0 Å². The summed E-state index contributed by atoms with van der Waals surface area (Å²) in [6.45, 7) is 1.93. The number of halogens is 4. The minimum Gasteiger partial charge on any atom is -0.368 e. The van der Waals surface area contributed by atoms with Crippen LogP contribution in [0.2, 0.25) is 5.02 Å². The zero-order valence-electron chi connectivity index (χ0n) is 12.6. The third-order valence-electron chi connectivity index (χ3n) is 4.00. The maximum Gasteiger partial charge on any atom is 0.255 e. The summed E-state index contributed by atoms with van der Waals surface area (Å²) in [4.78, 5) is 16.0. The summed E-state index contributed by atoms with van der Waals surface area (Å²) < 4.78 is 39.4. The van der Waals surface area contributed by atoms with Crippen molar-refractivity contribution in [1.82, 2.24) is 4.90 Å². The van der Waals surface area contributed by atoms with Gasteiger partial charge in [0.25, 0.3) is 5.91 Å². The van der Waals surface area contributed by atoms with E-state index in [2.05, 4.69) is 0 Å². The Labute approximate surface area is 142 Å². The first kappa shape index (κ1) is 16.6. The number of carbonyl (C=O) groups excluding carboxylic acids is 1. The fraction of sp³-hybridized carbons (Fsp3) is 0.235. The first-order chi connectivity index (χ1) is 11.5. The highest BCUT2D eigenvalue weighted by molar-refractivity contribution is 6.33. The van der Waals surface area contributed by atoms with Crippen molar-refractivity contribution in [2.75, 3.05) is 31.1 Å². The Balaban J connectivity index is 1.69. The molecule has 0 unspecified atom stereocenters. The van der Waals surface area contributed by atoms with Crippen LogP contribution in [0.3, 0.4) is 0 Å². The van der Waals surface area contributed by atoms with Gasteiger partial charge in [-0.25, -0.2) is 13.2 Å². The monoisotopic (exact) mass is 354 g/mol. The van der Waals surface area contributed by atoms with Crippen molar-refractivity contribution < 1.29 is 18.0 Å². The summed E-state index contributed by atoms with van der Waals surface area (Å²) >= 11 is 5.85. The third-order valence-corrected chi connectivity index (χ3v) is 4.31. The molecule has 1 amide bonds. The van der Waals surface area contributed by atoms with E-state index in [1.54, 1.807) is 17.0 Å². The maximum atomic E-state index is 13.4. The van der Waals surface area contributed by atoms with Crippen molar-refractivity contribution in [2.45, 2.75) is 0 Å². The van der Waals surface area contributed by atoms with E-state index in [0.717, 1.165) is 17.8 Å². The number of hydrogen-bond acceptors (Lipinski definition) is 2. The molecule has 0 radical (unpaired) electrons. The zero-order valence-corrected chi connectivity index (χ0v) is 13.4. The van der Waals surface area contributed by atoms with Crippen molar-refractivity contribution in [3.8, 4) is 0 Å². The van der Waals surface area contributed by atoms with Gasteiger partial charge in [-0.3, -0.25) is 4.79 Å². The lowest BCUT2D eigenvalue weighted by Crippen LogP contribution is -2.48. The highest BCUT2D eigenvalue weighted by Crippen LogP contribution is 2.23. The van der Waals surface area contributed by atoms with Gasteiger partial charge in [-0.1, -0.05) is 11.6 Å². The van der Waals surface area contributed by atoms with E-state index < -0.39 is 17.5 Å². The van der Waals surface area contributed by atoms with E-state index in [4.69, 9.17) is 11.6 Å². The number of amides is 1. The Bertz CT molecular complexity index is 759. The molecule has 1 aliphatic rings. The quantitative estimate of drug-likeness (QED) is 0.767. The minimum absolute atomic E-state index is 0.0502. The molecule has 126 valence electrons. The van der Waals surface area contributed by atoms with E-state index in [0.29, 0.717) is 26.2 Å². The Hall–Kier alpha value is -2.21. The topological polar surface area (TPSA) is 23.6 Å². The number of anilines is 1. The summed E-state index contributed by atoms with van der Waals surface area (Å²) in [5.41, 5.74) is 0.820. The largest absolute Gasteiger partial charge is 0.368 e. The van der Waals surface area contributed by atoms with Crippen molar-refractivity contribution >= 4 is 23.2 Å². The molecule has 2 aromatic carbocycles. The summed E-state index contributed by atoms with van der Waals surface area (Å²) in [5.74, 6) is -2.93. The molecule has 0 aromatic heterocycles. The smallest absolute Gasteiger partial charge is 0.255 e. The molecular formula is C17H14ClF3N2O. The Morgan fingerprint density at radius 3 is 2.12 bits per heavy atom. The van der Waals surface area contributed by atoms with Crippen molar-refractivity contribution in [3.63, 3.8) is 0 Å². The molecule has 0 aliphatic carbocycles. The summed E-state index contributed by atoms with van der Waals surface area (Å²) in [7, 11) is 0. The summed E-state index contributed by atoms with van der Waals surface area (Å²) in [6.07, 6.45) is 0. The molecule has 7 heteroatoms. The SMILES string of the molecule is O=C(c1cc(F)c(F)cc1Cl)N1CCN(c2ccc(F)cc2)CC1. The summed E-state index contributed by atoms with van der Waals surface area (Å²) in [5, 5.41) is -0.111. The predicted molar refractivity (Wildman–Crippen MR) is 85.9 cm³/mol. The van der Waals surface area contributed by atoms with Crippen molar-refractivity contribution in [1.29, 1.82) is 0 Å². The van der Waals surface area contributed by atoms with Crippen LogP contribution in [0.15, 0.2) is 36.4 Å². The minimum atomic E-state index is -1.10. The number of carbonyl (C=O) groups is 1. The van der Waals surface area contributed by atoms with Gasteiger partial charge in [0, 0.05) is 31.9 Å². The van der Waals surface area contributed by atoms with Gasteiger partial charge in [-0.15, -0.1) is 0 Å². The standard InChI is InChI=1S/C17H14ClF3N2O/c18-14-10-16(21)15(20)9-13(14)17(24)23-7-5-22(6-8-23)12-3-1-11(19)2-4-12/h1-4,9-10H,5-8H2. The Morgan fingerprint density at radius 1 is 0.917 bits per heavy atom. The molecule has 0 bridgehead atoms. The zero-order chi connectivity index (χ0) is 17.3. The van der Waals surface area contributed by atoms with Gasteiger partial charge in [0.15, 0.2) is 11.6 Å². The number of rotatable bonds is 2. The predicted octanol–water partition coefficient (Wildman–Crippen LogP) is 3.72. The van der Waals surface area contributed by atoms with Crippen LogP contribution < -0.4 is 4.90 Å². The second kappa shape index (κ2) is 6.73. The molecule has 1 fully saturated rings. The Morgan fingerprint density at radius 2 is 1.50 bits per heavy atom. The fourth-order valence-electron chi connectivity index (χ4n) is 2.68. The van der Waals surface area contributed by atoms with Gasteiger partial charge in [0.2, 0.25) is 0 Å². The van der Waals surface area contributed by atoms with Gasteiger partial charge in [0.05, 0.1) is 10.6 Å². The van der Waals surface area contributed by atoms with Crippen molar-refractivity contribution in [3.05, 3.63) is 64.4 Å². The molecule has 1 saturated heterocycles. The van der Waals surface area contributed by atoms with E-state index in [1.807, 2.05) is 4.90 Å². The lowest BCUT2D eigenvalue weighted by Gasteiger charge is -2.36. The van der Waals surface area contributed by atoms with Gasteiger partial charge < -0.3 is 9.80 Å². The first-order valence-electron chi connectivity index (χ1n) is 7.40. The summed E-state index contributed by atoms with van der Waals surface area (Å²) in [6, 6.07) is 7.76. The van der Waals surface area contributed by atoms with E-state index >= 15 is 0 Å². The van der Waals surface area contributed by atoms with E-state index in [-0.39, 0.29) is 16.4 Å². The highest BCUT2D eigenvalue weighted by Gasteiger charge is 2.25. The van der Waals surface area contributed by atoms with Crippen LogP contribution in [0.25, 0.3) is 0 Å². The second-order valence-corrected chi connectivity index (χ2v) is 5.91. The van der Waals surface area contributed by atoms with Crippen LogP contribution in [0, 0.1) is 17.5 Å². The first-order valence-corrected chi connectivity index (χ1v) is 7.78. The molecule has 3 rings (SSSR count). The molecular weight excluding hydrogens is 341 g/mol. The molecule has 0 N–H and O–H groups in total.